The molecule has 1 unspecified atom stereocenters. The summed E-state index contributed by atoms with van der Waals surface area (Å²) in [5.74, 6) is 1.22. The smallest absolute Gasteiger partial charge is 0.118 e. The summed E-state index contributed by atoms with van der Waals surface area (Å²) >= 11 is 1.87. The largest absolute Gasteiger partial charge is 0.497 e. The molecule has 0 aliphatic heterocycles. The topological polar surface area (TPSA) is 12.5 Å². The van der Waals surface area contributed by atoms with Crippen LogP contribution in [-0.4, -0.2) is 7.11 Å². The summed E-state index contributed by atoms with van der Waals surface area (Å²) in [7, 11) is 1.73. The number of rotatable bonds is 7. The summed E-state index contributed by atoms with van der Waals surface area (Å²) in [5.41, 5.74) is 15.1. The zero-order chi connectivity index (χ0) is 36.7. The molecule has 264 valence electrons. The van der Waals surface area contributed by atoms with Gasteiger partial charge < -0.3 is 9.64 Å². The van der Waals surface area contributed by atoms with Crippen molar-refractivity contribution >= 4 is 48.6 Å². The van der Waals surface area contributed by atoms with Gasteiger partial charge in [0.25, 0.3) is 0 Å². The van der Waals surface area contributed by atoms with E-state index in [-0.39, 0.29) is 0 Å². The quantitative estimate of drug-likeness (QED) is 0.162. The standard InChI is InChI=1S/C52H39NOS/c1-54-43-31-24-38(25-32-43)44-33-26-39-18-19-40(34-49(39)46-13-6-5-12-45(44)46)37-22-29-42(30-23-37)53(41-27-20-36(21-28-41)35-10-3-2-4-11-35)50-16-9-15-48-47-14-7-8-17-51(47)55-52(48)50/h2-25,27-32,34,44H,26,33H2,1H3. The number of thiophene rings is 1. The molecular formula is C52H39NOS. The molecule has 0 fully saturated rings. The number of ether oxygens (including phenoxy) is 1. The SMILES string of the molecule is COc1ccc(C2CCc3ccc(-c4ccc(N(c5ccc(-c6ccccc6)cc5)c5cccc6c5sc5ccccc56)cc4)cc3-c3ccccc32)cc1. The van der Waals surface area contributed by atoms with Gasteiger partial charge in [-0.25, -0.2) is 0 Å². The molecule has 1 aliphatic carbocycles. The minimum atomic E-state index is 0.329. The van der Waals surface area contributed by atoms with Gasteiger partial charge in [-0.15, -0.1) is 11.3 Å². The first-order valence-electron chi connectivity index (χ1n) is 19.0. The maximum atomic E-state index is 5.47. The highest BCUT2D eigenvalue weighted by Crippen LogP contribution is 2.46. The van der Waals surface area contributed by atoms with Gasteiger partial charge in [-0.05, 0) is 118 Å². The Kier molecular flexibility index (Phi) is 8.50. The van der Waals surface area contributed by atoms with Crippen molar-refractivity contribution < 1.29 is 4.74 Å². The number of methoxy groups -OCH3 is 1. The van der Waals surface area contributed by atoms with Crippen molar-refractivity contribution in [3.05, 3.63) is 205 Å². The Morgan fingerprint density at radius 1 is 0.527 bits per heavy atom. The highest BCUT2D eigenvalue weighted by atomic mass is 32.1. The third-order valence-electron chi connectivity index (χ3n) is 11.3. The molecule has 1 heterocycles. The molecule has 0 bridgehead atoms. The van der Waals surface area contributed by atoms with Crippen molar-refractivity contribution in [3.63, 3.8) is 0 Å². The summed E-state index contributed by atoms with van der Waals surface area (Å²) in [6, 6.07) is 68.9. The predicted molar refractivity (Wildman–Crippen MR) is 233 cm³/mol. The number of hydrogen-bond donors (Lipinski definition) is 0. The molecule has 3 heteroatoms. The summed E-state index contributed by atoms with van der Waals surface area (Å²) < 4.78 is 8.06. The number of aryl methyl sites for hydroxylation is 1. The normalized spacial score (nSPS) is 13.6. The van der Waals surface area contributed by atoms with E-state index in [4.69, 9.17) is 4.74 Å². The Balaban J connectivity index is 1.04. The summed E-state index contributed by atoms with van der Waals surface area (Å²) in [6.07, 6.45) is 2.10. The van der Waals surface area contributed by atoms with Crippen LogP contribution in [0.1, 0.15) is 29.0 Å². The van der Waals surface area contributed by atoms with Gasteiger partial charge in [0, 0.05) is 32.8 Å². The molecular weight excluding hydrogens is 687 g/mol. The zero-order valence-corrected chi connectivity index (χ0v) is 31.5. The van der Waals surface area contributed by atoms with Gasteiger partial charge >= 0.3 is 0 Å². The molecule has 0 radical (unpaired) electrons. The van der Waals surface area contributed by atoms with Crippen LogP contribution >= 0.6 is 11.3 Å². The fourth-order valence-corrected chi connectivity index (χ4v) is 9.69. The summed E-state index contributed by atoms with van der Waals surface area (Å²) in [5, 5.41) is 2.60. The van der Waals surface area contributed by atoms with E-state index in [0.717, 1.165) is 30.0 Å². The van der Waals surface area contributed by atoms with Gasteiger partial charge in [0.2, 0.25) is 0 Å². The minimum Gasteiger partial charge on any atom is -0.497 e. The van der Waals surface area contributed by atoms with Crippen LogP contribution in [0.5, 0.6) is 5.75 Å². The molecule has 1 aliphatic rings. The third-order valence-corrected chi connectivity index (χ3v) is 12.5. The number of nitrogens with zero attached hydrogens (tertiary/aromatic N) is 1. The molecule has 0 saturated heterocycles. The molecule has 8 aromatic carbocycles. The second kappa shape index (κ2) is 14.1. The molecule has 10 rings (SSSR count). The van der Waals surface area contributed by atoms with Crippen LogP contribution < -0.4 is 9.64 Å². The lowest BCUT2D eigenvalue weighted by Crippen LogP contribution is -2.10. The van der Waals surface area contributed by atoms with Crippen LogP contribution in [0.4, 0.5) is 17.1 Å². The molecule has 1 aromatic heterocycles. The molecule has 55 heavy (non-hydrogen) atoms. The van der Waals surface area contributed by atoms with E-state index in [1.54, 1.807) is 7.11 Å². The first-order chi connectivity index (χ1) is 27.2. The lowest BCUT2D eigenvalue weighted by atomic mass is 9.85. The van der Waals surface area contributed by atoms with Gasteiger partial charge in [-0.1, -0.05) is 133 Å². The number of anilines is 3. The predicted octanol–water partition coefficient (Wildman–Crippen LogP) is 14.6. The molecule has 0 saturated carbocycles. The maximum Gasteiger partial charge on any atom is 0.118 e. The maximum absolute atomic E-state index is 5.47. The minimum absolute atomic E-state index is 0.329. The molecule has 1 atom stereocenters. The Bertz CT molecular complexity index is 2780. The van der Waals surface area contributed by atoms with Crippen molar-refractivity contribution in [2.45, 2.75) is 18.8 Å². The Morgan fingerprint density at radius 2 is 1.16 bits per heavy atom. The highest BCUT2D eigenvalue weighted by Gasteiger charge is 2.24. The average Bonchev–Trinajstić information content (AvgIpc) is 3.56. The van der Waals surface area contributed by atoms with Crippen LogP contribution in [0.3, 0.4) is 0 Å². The van der Waals surface area contributed by atoms with Crippen molar-refractivity contribution in [2.75, 3.05) is 12.0 Å². The Hall–Kier alpha value is -6.42. The molecule has 0 spiro atoms. The van der Waals surface area contributed by atoms with Crippen LogP contribution in [-0.2, 0) is 6.42 Å². The third kappa shape index (κ3) is 6.07. The van der Waals surface area contributed by atoms with Crippen molar-refractivity contribution in [1.82, 2.24) is 0 Å². The van der Waals surface area contributed by atoms with E-state index in [2.05, 4.69) is 193 Å². The molecule has 2 nitrogen and oxygen atoms in total. The van der Waals surface area contributed by atoms with E-state index in [1.807, 2.05) is 11.3 Å². The lowest BCUT2D eigenvalue weighted by molar-refractivity contribution is 0.414. The van der Waals surface area contributed by atoms with Crippen molar-refractivity contribution in [2.24, 2.45) is 0 Å². The van der Waals surface area contributed by atoms with E-state index >= 15 is 0 Å². The molecule has 9 aromatic rings. The lowest BCUT2D eigenvalue weighted by Gasteiger charge is -2.26. The fourth-order valence-electron chi connectivity index (χ4n) is 8.48. The van der Waals surface area contributed by atoms with E-state index in [0.29, 0.717) is 5.92 Å². The summed E-state index contributed by atoms with van der Waals surface area (Å²) in [4.78, 5) is 2.42. The second-order valence-corrected chi connectivity index (χ2v) is 15.4. The van der Waals surface area contributed by atoms with Crippen LogP contribution in [0.25, 0.3) is 53.6 Å². The summed E-state index contributed by atoms with van der Waals surface area (Å²) in [6.45, 7) is 0. The molecule has 0 N–H and O–H groups in total. The van der Waals surface area contributed by atoms with E-state index < -0.39 is 0 Å². The van der Waals surface area contributed by atoms with E-state index in [9.17, 15) is 0 Å². The zero-order valence-electron chi connectivity index (χ0n) is 30.7. The van der Waals surface area contributed by atoms with Gasteiger partial charge in [-0.3, -0.25) is 0 Å². The van der Waals surface area contributed by atoms with Gasteiger partial charge in [0.1, 0.15) is 5.75 Å². The highest BCUT2D eigenvalue weighted by molar-refractivity contribution is 7.26. The Labute approximate surface area is 326 Å². The van der Waals surface area contributed by atoms with Crippen molar-refractivity contribution in [1.29, 1.82) is 0 Å². The van der Waals surface area contributed by atoms with Gasteiger partial charge in [0.05, 0.1) is 17.5 Å². The number of fused-ring (bicyclic) bond motifs is 6. The second-order valence-electron chi connectivity index (χ2n) is 14.4. The van der Waals surface area contributed by atoms with Crippen molar-refractivity contribution in [3.8, 4) is 39.1 Å². The number of hydrogen-bond acceptors (Lipinski definition) is 3. The van der Waals surface area contributed by atoms with Gasteiger partial charge in [0.15, 0.2) is 0 Å². The van der Waals surface area contributed by atoms with Gasteiger partial charge in [-0.2, -0.15) is 0 Å². The fraction of sp³-hybridized carbons (Fsp3) is 0.0769. The van der Waals surface area contributed by atoms with Crippen LogP contribution in [0, 0.1) is 0 Å². The molecule has 0 amide bonds. The first-order valence-corrected chi connectivity index (χ1v) is 19.9. The number of benzene rings is 8. The monoisotopic (exact) mass is 725 g/mol. The first kappa shape index (κ1) is 33.2. The van der Waals surface area contributed by atoms with Crippen LogP contribution in [0.15, 0.2) is 188 Å². The Morgan fingerprint density at radius 3 is 1.93 bits per heavy atom. The average molecular weight is 726 g/mol. The van der Waals surface area contributed by atoms with Crippen LogP contribution in [0.2, 0.25) is 0 Å². The van der Waals surface area contributed by atoms with E-state index in [1.165, 1.54) is 75.9 Å².